The number of ether oxygens (including phenoxy) is 3. The molecule has 1 fully saturated rings. The molecule has 4 rings (SSSR count). The van der Waals surface area contributed by atoms with Crippen molar-refractivity contribution in [3.05, 3.63) is 52.4 Å². The van der Waals surface area contributed by atoms with Crippen molar-refractivity contribution in [3.8, 4) is 5.75 Å². The molecule has 1 N–H and O–H groups in total. The lowest BCUT2D eigenvalue weighted by Crippen LogP contribution is -2.43. The number of benzene rings is 1. The highest BCUT2D eigenvalue weighted by atomic mass is 16.5. The number of methoxy groups -OCH3 is 1. The average molecular weight is 468 g/mol. The molecule has 3 aliphatic rings. The lowest BCUT2D eigenvalue weighted by atomic mass is 9.69. The summed E-state index contributed by atoms with van der Waals surface area (Å²) in [4.78, 5) is 39.9. The number of dihydropyridines is 1. The molecule has 1 aromatic carbocycles. The zero-order chi connectivity index (χ0) is 24.4. The molecule has 0 saturated heterocycles. The summed E-state index contributed by atoms with van der Waals surface area (Å²) < 4.78 is 16.8. The number of hydrogen-bond acceptors (Lipinski definition) is 7. The minimum atomic E-state index is -0.919. The van der Waals surface area contributed by atoms with E-state index in [2.05, 4.69) is 5.32 Å². The van der Waals surface area contributed by atoms with Gasteiger partial charge in [-0.1, -0.05) is 25.1 Å². The van der Waals surface area contributed by atoms with E-state index in [4.69, 9.17) is 14.2 Å². The van der Waals surface area contributed by atoms with Gasteiger partial charge in [-0.15, -0.1) is 0 Å². The van der Waals surface area contributed by atoms with Crippen molar-refractivity contribution in [1.82, 2.24) is 5.32 Å². The second-order valence-corrected chi connectivity index (χ2v) is 9.32. The second kappa shape index (κ2) is 10.0. The van der Waals surface area contributed by atoms with Gasteiger partial charge < -0.3 is 19.5 Å². The topological polar surface area (TPSA) is 90.9 Å². The molecule has 7 heteroatoms. The van der Waals surface area contributed by atoms with Gasteiger partial charge in [0.2, 0.25) is 0 Å². The number of carbonyl (C=O) groups is 3. The highest BCUT2D eigenvalue weighted by Crippen LogP contribution is 2.47. The maximum Gasteiger partial charge on any atom is 0.337 e. The van der Waals surface area contributed by atoms with Gasteiger partial charge in [0.05, 0.1) is 25.2 Å². The molecule has 0 spiro atoms. The normalized spacial score (nSPS) is 25.1. The second-order valence-electron chi connectivity index (χ2n) is 9.32. The Balaban J connectivity index is 1.84. The molecule has 1 heterocycles. The SMILES string of the molecule is CCOc1ccccc1[C@@H]1C(C(=O)OC2CCCC2)=C(C)NC2=C1C(=O)[C@H](C(=O)OC)[C@@H](C)C2. The van der Waals surface area contributed by atoms with Crippen molar-refractivity contribution in [3.63, 3.8) is 0 Å². The number of allylic oxidation sites excluding steroid dienone is 3. The maximum atomic E-state index is 13.8. The van der Waals surface area contributed by atoms with Crippen LogP contribution in [0.25, 0.3) is 0 Å². The minimum absolute atomic E-state index is 0.115. The molecular formula is C27H33NO6. The van der Waals surface area contributed by atoms with Gasteiger partial charge in [-0.05, 0) is 57.9 Å². The van der Waals surface area contributed by atoms with E-state index in [1.807, 2.05) is 45.0 Å². The first-order valence-corrected chi connectivity index (χ1v) is 12.1. The summed E-state index contributed by atoms with van der Waals surface area (Å²) in [7, 11) is 1.29. The molecule has 0 amide bonds. The third kappa shape index (κ3) is 4.36. The maximum absolute atomic E-state index is 13.8. The van der Waals surface area contributed by atoms with Gasteiger partial charge in [-0.3, -0.25) is 9.59 Å². The number of nitrogens with one attached hydrogen (secondary N) is 1. The molecule has 0 radical (unpaired) electrons. The summed E-state index contributed by atoms with van der Waals surface area (Å²) in [5, 5.41) is 3.31. The smallest absolute Gasteiger partial charge is 0.337 e. The highest BCUT2D eigenvalue weighted by molar-refractivity contribution is 6.12. The average Bonchev–Trinajstić information content (AvgIpc) is 3.31. The Morgan fingerprint density at radius 1 is 1.15 bits per heavy atom. The number of carbonyl (C=O) groups excluding carboxylic acids is 3. The first kappa shape index (κ1) is 24.0. The first-order chi connectivity index (χ1) is 16.4. The van der Waals surface area contributed by atoms with E-state index >= 15 is 0 Å². The van der Waals surface area contributed by atoms with E-state index in [1.54, 1.807) is 0 Å². The number of esters is 2. The van der Waals surface area contributed by atoms with Crippen LogP contribution in [-0.4, -0.2) is 37.5 Å². The molecule has 0 aromatic heterocycles. The van der Waals surface area contributed by atoms with Crippen LogP contribution in [0.3, 0.4) is 0 Å². The Labute approximate surface area is 200 Å². The van der Waals surface area contributed by atoms with Gasteiger partial charge in [0.25, 0.3) is 0 Å². The molecule has 3 atom stereocenters. The molecule has 1 aliphatic heterocycles. The Morgan fingerprint density at radius 3 is 2.53 bits per heavy atom. The van der Waals surface area contributed by atoms with E-state index in [-0.39, 0.29) is 17.8 Å². The van der Waals surface area contributed by atoms with Crippen LogP contribution in [0, 0.1) is 11.8 Å². The monoisotopic (exact) mass is 467 g/mol. The number of rotatable bonds is 6. The third-order valence-electron chi connectivity index (χ3n) is 7.07. The highest BCUT2D eigenvalue weighted by Gasteiger charge is 2.48. The molecular weight excluding hydrogens is 434 g/mol. The predicted octanol–water partition coefficient (Wildman–Crippen LogP) is 4.18. The van der Waals surface area contributed by atoms with Crippen molar-refractivity contribution in [2.24, 2.45) is 11.8 Å². The fraction of sp³-hybridized carbons (Fsp3) is 0.519. The zero-order valence-electron chi connectivity index (χ0n) is 20.3. The number of hydrogen-bond donors (Lipinski definition) is 1. The van der Waals surface area contributed by atoms with Crippen LogP contribution in [0.4, 0.5) is 0 Å². The third-order valence-corrected chi connectivity index (χ3v) is 7.07. The quantitative estimate of drug-likeness (QED) is 0.496. The van der Waals surface area contributed by atoms with Crippen LogP contribution >= 0.6 is 0 Å². The summed E-state index contributed by atoms with van der Waals surface area (Å²) in [5.41, 5.74) is 2.93. The van der Waals surface area contributed by atoms with Gasteiger partial charge in [0, 0.05) is 22.5 Å². The summed E-state index contributed by atoms with van der Waals surface area (Å²) in [5.74, 6) is -2.54. The molecule has 182 valence electrons. The Bertz CT molecular complexity index is 1050. The molecule has 7 nitrogen and oxygen atoms in total. The lowest BCUT2D eigenvalue weighted by Gasteiger charge is -2.38. The molecule has 34 heavy (non-hydrogen) atoms. The van der Waals surface area contributed by atoms with Crippen molar-refractivity contribution in [1.29, 1.82) is 0 Å². The standard InChI is InChI=1S/C27H33NO6/c1-5-33-20-13-9-8-12-18(20)23-22(27(31)34-17-10-6-7-11-17)16(3)28-19-14-15(2)21(26(30)32-4)25(29)24(19)23/h8-9,12-13,15,17,21,23,28H,5-7,10-11,14H2,1-4H3/t15-,21+,23+/m0/s1. The van der Waals surface area contributed by atoms with Crippen molar-refractivity contribution in [2.45, 2.75) is 64.9 Å². The van der Waals surface area contributed by atoms with Crippen LogP contribution in [-0.2, 0) is 23.9 Å². The van der Waals surface area contributed by atoms with E-state index in [1.165, 1.54) is 7.11 Å². The Morgan fingerprint density at radius 2 is 1.85 bits per heavy atom. The van der Waals surface area contributed by atoms with Crippen LogP contribution in [0.2, 0.25) is 0 Å². The van der Waals surface area contributed by atoms with E-state index in [0.717, 1.165) is 31.4 Å². The van der Waals surface area contributed by atoms with Crippen LogP contribution < -0.4 is 10.1 Å². The zero-order valence-corrected chi connectivity index (χ0v) is 20.3. The fourth-order valence-corrected chi connectivity index (χ4v) is 5.49. The van der Waals surface area contributed by atoms with Crippen LogP contribution in [0.15, 0.2) is 46.8 Å². The van der Waals surface area contributed by atoms with Crippen molar-refractivity contribution < 1.29 is 28.6 Å². The van der Waals surface area contributed by atoms with Gasteiger partial charge in [-0.25, -0.2) is 4.79 Å². The van der Waals surface area contributed by atoms with Gasteiger partial charge >= 0.3 is 11.9 Å². The molecule has 0 bridgehead atoms. The molecule has 0 unspecified atom stereocenters. The van der Waals surface area contributed by atoms with E-state index in [9.17, 15) is 14.4 Å². The summed E-state index contributed by atoms with van der Waals surface area (Å²) in [6.45, 7) is 6.04. The summed E-state index contributed by atoms with van der Waals surface area (Å²) in [6.07, 6.45) is 4.15. The van der Waals surface area contributed by atoms with Crippen molar-refractivity contribution >= 4 is 17.7 Å². The van der Waals surface area contributed by atoms with Gasteiger partial charge in [0.15, 0.2) is 5.78 Å². The first-order valence-electron chi connectivity index (χ1n) is 12.1. The molecule has 1 saturated carbocycles. The van der Waals surface area contributed by atoms with Crippen molar-refractivity contribution in [2.75, 3.05) is 13.7 Å². The molecule has 1 aromatic rings. The summed E-state index contributed by atoms with van der Waals surface area (Å²) >= 11 is 0. The largest absolute Gasteiger partial charge is 0.494 e. The summed E-state index contributed by atoms with van der Waals surface area (Å²) in [6, 6.07) is 7.44. The minimum Gasteiger partial charge on any atom is -0.494 e. The number of para-hydroxylation sites is 1. The predicted molar refractivity (Wildman–Crippen MR) is 126 cm³/mol. The number of ketones is 1. The van der Waals surface area contributed by atoms with Gasteiger partial charge in [0.1, 0.15) is 17.8 Å². The van der Waals surface area contributed by atoms with E-state index < -0.39 is 23.8 Å². The lowest BCUT2D eigenvalue weighted by molar-refractivity contribution is -0.151. The van der Waals surface area contributed by atoms with Crippen LogP contribution in [0.5, 0.6) is 5.75 Å². The number of Topliss-reactive ketones (excluding diaryl/α,β-unsaturated/α-hetero) is 1. The Kier molecular flexibility index (Phi) is 7.10. The van der Waals surface area contributed by atoms with Crippen LogP contribution in [0.1, 0.15) is 64.4 Å². The molecule has 2 aliphatic carbocycles. The fourth-order valence-electron chi connectivity index (χ4n) is 5.49. The van der Waals surface area contributed by atoms with Gasteiger partial charge in [-0.2, -0.15) is 0 Å². The van der Waals surface area contributed by atoms with E-state index in [0.29, 0.717) is 41.2 Å². The Hall–Kier alpha value is -3.09.